The van der Waals surface area contributed by atoms with Gasteiger partial charge >= 0.3 is 0 Å². The first-order valence-electron chi connectivity index (χ1n) is 10.0. The first kappa shape index (κ1) is 16.7. The van der Waals surface area contributed by atoms with E-state index in [1.54, 1.807) is 7.11 Å². The van der Waals surface area contributed by atoms with Crippen LogP contribution in [0.5, 0.6) is 11.5 Å². The van der Waals surface area contributed by atoms with Gasteiger partial charge in [-0.05, 0) is 73.6 Å². The molecule has 0 bridgehead atoms. The Kier molecular flexibility index (Phi) is 4.29. The average Bonchev–Trinajstić information content (AvgIpc) is 3.35. The maximum absolute atomic E-state index is 6.23. The molecule has 1 saturated carbocycles. The number of nitrogens with one attached hydrogen (secondary N) is 2. The molecular weight excluding hydrogens is 336 g/mol. The van der Waals surface area contributed by atoms with Crippen molar-refractivity contribution in [3.05, 3.63) is 59.3 Å². The first-order valence-corrected chi connectivity index (χ1v) is 10.0. The second-order valence-corrected chi connectivity index (χ2v) is 7.66. The van der Waals surface area contributed by atoms with Crippen LogP contribution in [0, 0.1) is 0 Å². The molecule has 0 radical (unpaired) electrons. The first-order chi connectivity index (χ1) is 13.3. The van der Waals surface area contributed by atoms with Crippen molar-refractivity contribution in [1.82, 2.24) is 10.3 Å². The Morgan fingerprint density at radius 2 is 1.89 bits per heavy atom. The highest BCUT2D eigenvalue weighted by atomic mass is 16.5. The van der Waals surface area contributed by atoms with E-state index in [1.165, 1.54) is 53.4 Å². The number of methoxy groups -OCH3 is 1. The van der Waals surface area contributed by atoms with Crippen molar-refractivity contribution >= 4 is 10.9 Å². The largest absolute Gasteiger partial charge is 0.497 e. The van der Waals surface area contributed by atoms with Crippen LogP contribution in [0.25, 0.3) is 10.9 Å². The third-order valence-corrected chi connectivity index (χ3v) is 5.95. The number of hydrogen-bond donors (Lipinski definition) is 2. The third-order valence-electron chi connectivity index (χ3n) is 5.95. The van der Waals surface area contributed by atoms with Crippen molar-refractivity contribution in [1.29, 1.82) is 0 Å². The Balaban J connectivity index is 1.50. The van der Waals surface area contributed by atoms with E-state index in [-0.39, 0.29) is 6.04 Å². The van der Waals surface area contributed by atoms with Gasteiger partial charge < -0.3 is 19.8 Å². The monoisotopic (exact) mass is 362 g/mol. The molecule has 4 nitrogen and oxygen atoms in total. The standard InChI is InChI=1S/C23H26N2O2/c1-26-17-9-10-21-20(14-17)19-11-12-24-22(23(19)25-21)15-5-4-8-18(13-15)27-16-6-2-3-7-16/h4-5,8-10,13-14,16,22,24-25H,2-3,6-7,11-12H2,1H3/t22-/m0/s1. The van der Waals surface area contributed by atoms with Crippen molar-refractivity contribution in [3.63, 3.8) is 0 Å². The van der Waals surface area contributed by atoms with E-state index >= 15 is 0 Å². The Bertz CT molecular complexity index is 956. The van der Waals surface area contributed by atoms with Crippen LogP contribution in [0.1, 0.15) is 48.5 Å². The van der Waals surface area contributed by atoms with Crippen LogP contribution in [-0.2, 0) is 6.42 Å². The van der Waals surface area contributed by atoms with Crippen LogP contribution in [-0.4, -0.2) is 24.7 Å². The fourth-order valence-electron chi connectivity index (χ4n) is 4.58. The number of H-pyrrole nitrogens is 1. The SMILES string of the molecule is COc1ccc2[nH]c3c(c2c1)CCN[C@H]3c1cccc(OC2CCCC2)c1. The molecular formula is C23H26N2O2. The predicted octanol–water partition coefficient (Wildman–Crippen LogP) is 4.73. The molecule has 1 atom stereocenters. The Labute approximate surface area is 159 Å². The van der Waals surface area contributed by atoms with Crippen molar-refractivity contribution < 1.29 is 9.47 Å². The van der Waals surface area contributed by atoms with Gasteiger partial charge in [0, 0.05) is 23.1 Å². The lowest BCUT2D eigenvalue weighted by Gasteiger charge is -2.25. The maximum atomic E-state index is 6.23. The van der Waals surface area contributed by atoms with Gasteiger partial charge in [-0.3, -0.25) is 0 Å². The molecule has 5 rings (SSSR count). The lowest BCUT2D eigenvalue weighted by atomic mass is 9.94. The summed E-state index contributed by atoms with van der Waals surface area (Å²) in [5, 5.41) is 4.96. The zero-order valence-electron chi connectivity index (χ0n) is 15.8. The van der Waals surface area contributed by atoms with Crippen LogP contribution in [0.4, 0.5) is 0 Å². The Morgan fingerprint density at radius 1 is 1.00 bits per heavy atom. The number of hydrogen-bond acceptors (Lipinski definition) is 3. The molecule has 2 heterocycles. The summed E-state index contributed by atoms with van der Waals surface area (Å²) < 4.78 is 11.7. The molecule has 0 unspecified atom stereocenters. The van der Waals surface area contributed by atoms with Crippen LogP contribution >= 0.6 is 0 Å². The summed E-state index contributed by atoms with van der Waals surface area (Å²) in [5.74, 6) is 1.90. The summed E-state index contributed by atoms with van der Waals surface area (Å²) >= 11 is 0. The predicted molar refractivity (Wildman–Crippen MR) is 108 cm³/mol. The quantitative estimate of drug-likeness (QED) is 0.705. The number of ether oxygens (including phenoxy) is 2. The fourth-order valence-corrected chi connectivity index (χ4v) is 4.58. The molecule has 0 amide bonds. The second kappa shape index (κ2) is 6.93. The molecule has 2 aliphatic rings. The molecule has 1 aliphatic heterocycles. The van der Waals surface area contributed by atoms with Crippen molar-refractivity contribution in [2.75, 3.05) is 13.7 Å². The number of benzene rings is 2. The summed E-state index contributed by atoms with van der Waals surface area (Å²) in [6, 6.07) is 15.0. The van der Waals surface area contributed by atoms with Gasteiger partial charge in [0.25, 0.3) is 0 Å². The van der Waals surface area contributed by atoms with E-state index in [2.05, 4.69) is 46.7 Å². The minimum absolute atomic E-state index is 0.166. The summed E-state index contributed by atoms with van der Waals surface area (Å²) in [6.45, 7) is 0.968. The van der Waals surface area contributed by atoms with Crippen LogP contribution in [0.15, 0.2) is 42.5 Å². The lowest BCUT2D eigenvalue weighted by molar-refractivity contribution is 0.209. The molecule has 0 saturated heterocycles. The Hall–Kier alpha value is -2.46. The average molecular weight is 362 g/mol. The molecule has 27 heavy (non-hydrogen) atoms. The molecule has 2 aromatic carbocycles. The molecule has 4 heteroatoms. The highest BCUT2D eigenvalue weighted by molar-refractivity contribution is 5.86. The molecule has 1 aromatic heterocycles. The molecule has 1 aliphatic carbocycles. The van der Waals surface area contributed by atoms with Gasteiger partial charge in [0.05, 0.1) is 19.3 Å². The van der Waals surface area contributed by atoms with Crippen LogP contribution in [0.3, 0.4) is 0 Å². The molecule has 2 N–H and O–H groups in total. The van der Waals surface area contributed by atoms with E-state index in [9.17, 15) is 0 Å². The highest BCUT2D eigenvalue weighted by Crippen LogP contribution is 2.36. The van der Waals surface area contributed by atoms with E-state index in [0.29, 0.717) is 6.10 Å². The topological polar surface area (TPSA) is 46.3 Å². The molecule has 0 spiro atoms. The van der Waals surface area contributed by atoms with Gasteiger partial charge in [0.1, 0.15) is 11.5 Å². The summed E-state index contributed by atoms with van der Waals surface area (Å²) in [4.78, 5) is 3.65. The highest BCUT2D eigenvalue weighted by Gasteiger charge is 2.26. The van der Waals surface area contributed by atoms with Gasteiger partial charge in [-0.15, -0.1) is 0 Å². The van der Waals surface area contributed by atoms with Crippen molar-refractivity contribution in [2.24, 2.45) is 0 Å². The van der Waals surface area contributed by atoms with Crippen molar-refractivity contribution in [3.8, 4) is 11.5 Å². The second-order valence-electron chi connectivity index (χ2n) is 7.66. The minimum atomic E-state index is 0.166. The zero-order valence-corrected chi connectivity index (χ0v) is 15.8. The minimum Gasteiger partial charge on any atom is -0.497 e. The summed E-state index contributed by atoms with van der Waals surface area (Å²) in [7, 11) is 1.72. The smallest absolute Gasteiger partial charge is 0.120 e. The number of fused-ring (bicyclic) bond motifs is 3. The lowest BCUT2D eigenvalue weighted by Crippen LogP contribution is -2.30. The van der Waals surface area contributed by atoms with E-state index in [4.69, 9.17) is 9.47 Å². The van der Waals surface area contributed by atoms with Gasteiger partial charge in [-0.1, -0.05) is 12.1 Å². The van der Waals surface area contributed by atoms with Gasteiger partial charge in [-0.25, -0.2) is 0 Å². The summed E-state index contributed by atoms with van der Waals surface area (Å²) in [5.41, 5.74) is 5.09. The number of aromatic nitrogens is 1. The third kappa shape index (κ3) is 3.08. The van der Waals surface area contributed by atoms with Gasteiger partial charge in [0.2, 0.25) is 0 Å². The maximum Gasteiger partial charge on any atom is 0.120 e. The van der Waals surface area contributed by atoms with Gasteiger partial charge in [0.15, 0.2) is 0 Å². The van der Waals surface area contributed by atoms with E-state index in [0.717, 1.165) is 24.5 Å². The van der Waals surface area contributed by atoms with E-state index < -0.39 is 0 Å². The fraction of sp³-hybridized carbons (Fsp3) is 0.391. The van der Waals surface area contributed by atoms with Gasteiger partial charge in [-0.2, -0.15) is 0 Å². The molecule has 3 aromatic rings. The van der Waals surface area contributed by atoms with E-state index in [1.807, 2.05) is 6.07 Å². The molecule has 1 fully saturated rings. The Morgan fingerprint density at radius 3 is 2.74 bits per heavy atom. The van der Waals surface area contributed by atoms with Crippen LogP contribution in [0.2, 0.25) is 0 Å². The van der Waals surface area contributed by atoms with Crippen LogP contribution < -0.4 is 14.8 Å². The van der Waals surface area contributed by atoms with Crippen molar-refractivity contribution in [2.45, 2.75) is 44.2 Å². The summed E-state index contributed by atoms with van der Waals surface area (Å²) in [6.07, 6.45) is 6.35. The normalized spacial score (nSPS) is 20.0. The molecule has 140 valence electrons. The zero-order chi connectivity index (χ0) is 18.2. The number of rotatable bonds is 4. The number of aromatic amines is 1.